The Morgan fingerprint density at radius 2 is 1.55 bits per heavy atom. The molecule has 3 aromatic rings. The smallest absolute Gasteiger partial charge is 0.0702 e. The molecule has 0 amide bonds. The van der Waals surface area contributed by atoms with Gasteiger partial charge in [0.1, 0.15) is 0 Å². The second-order valence-electron chi connectivity index (χ2n) is 4.65. The summed E-state index contributed by atoms with van der Waals surface area (Å²) in [4.78, 5) is 4.38. The molecule has 0 aliphatic heterocycles. The third-order valence-electron chi connectivity index (χ3n) is 3.29. The first-order valence-electron chi connectivity index (χ1n) is 6.58. The highest BCUT2D eigenvalue weighted by molar-refractivity contribution is 5.71. The Kier molecular flexibility index (Phi) is 3.57. The molecule has 0 unspecified atom stereocenters. The first-order chi connectivity index (χ1) is 9.86. The molecule has 0 radical (unpaired) electrons. The zero-order valence-corrected chi connectivity index (χ0v) is 11.0. The lowest BCUT2D eigenvalue weighted by atomic mass is 10.0. The number of aliphatic hydroxyl groups is 1. The second kappa shape index (κ2) is 5.68. The fourth-order valence-corrected chi connectivity index (χ4v) is 2.19. The molecule has 1 aromatic heterocycles. The summed E-state index contributed by atoms with van der Waals surface area (Å²) in [7, 11) is 0. The van der Waals surface area contributed by atoms with Gasteiger partial charge in [0.25, 0.3) is 0 Å². The van der Waals surface area contributed by atoms with Crippen molar-refractivity contribution in [3.8, 4) is 22.4 Å². The van der Waals surface area contributed by atoms with Gasteiger partial charge in [-0.2, -0.15) is 0 Å². The number of pyridine rings is 1. The zero-order valence-electron chi connectivity index (χ0n) is 11.0. The van der Waals surface area contributed by atoms with Crippen molar-refractivity contribution in [1.82, 2.24) is 4.98 Å². The molecule has 0 spiro atoms. The summed E-state index contributed by atoms with van der Waals surface area (Å²) in [5.74, 6) is 0. The highest BCUT2D eigenvalue weighted by Gasteiger charge is 2.02. The van der Waals surface area contributed by atoms with Crippen LogP contribution >= 0.6 is 0 Å². The number of aliphatic hydroxyl groups excluding tert-OH is 1. The monoisotopic (exact) mass is 261 g/mol. The first-order valence-corrected chi connectivity index (χ1v) is 6.58. The molecule has 98 valence electrons. The molecule has 3 rings (SSSR count). The van der Waals surface area contributed by atoms with Crippen LogP contribution in [-0.4, -0.2) is 10.1 Å². The lowest BCUT2D eigenvalue weighted by molar-refractivity contribution is 0.282. The van der Waals surface area contributed by atoms with Crippen molar-refractivity contribution in [3.05, 3.63) is 78.5 Å². The van der Waals surface area contributed by atoms with Gasteiger partial charge in [-0.25, -0.2) is 0 Å². The molecule has 2 heteroatoms. The largest absolute Gasteiger partial charge is 0.392 e. The van der Waals surface area contributed by atoms with Gasteiger partial charge in [0.2, 0.25) is 0 Å². The summed E-state index contributed by atoms with van der Waals surface area (Å²) < 4.78 is 0. The molecule has 0 fully saturated rings. The minimum absolute atomic E-state index is 0.0776. The second-order valence-corrected chi connectivity index (χ2v) is 4.65. The molecule has 0 saturated carbocycles. The Balaban J connectivity index is 1.98. The van der Waals surface area contributed by atoms with Gasteiger partial charge in [-0.05, 0) is 34.9 Å². The predicted molar refractivity (Wildman–Crippen MR) is 81.0 cm³/mol. The molecule has 2 nitrogen and oxygen atoms in total. The molecule has 0 bridgehead atoms. The number of nitrogens with zero attached hydrogens (tertiary/aromatic N) is 1. The highest BCUT2D eigenvalue weighted by atomic mass is 16.3. The highest BCUT2D eigenvalue weighted by Crippen LogP contribution is 2.25. The maximum atomic E-state index is 9.08. The van der Waals surface area contributed by atoms with E-state index in [-0.39, 0.29) is 6.61 Å². The Morgan fingerprint density at radius 3 is 2.25 bits per heavy atom. The van der Waals surface area contributed by atoms with E-state index >= 15 is 0 Å². The Hall–Kier alpha value is -2.45. The van der Waals surface area contributed by atoms with Gasteiger partial charge in [-0.3, -0.25) is 4.98 Å². The molecule has 1 N–H and O–H groups in total. The molecule has 1 heterocycles. The van der Waals surface area contributed by atoms with Gasteiger partial charge in [0.05, 0.1) is 12.3 Å². The lowest BCUT2D eigenvalue weighted by Gasteiger charge is -2.06. The average Bonchev–Trinajstić information content (AvgIpc) is 2.56. The van der Waals surface area contributed by atoms with Gasteiger partial charge in [0, 0.05) is 11.8 Å². The third-order valence-corrected chi connectivity index (χ3v) is 3.29. The van der Waals surface area contributed by atoms with Gasteiger partial charge in [-0.1, -0.05) is 48.5 Å². The normalized spacial score (nSPS) is 10.4. The van der Waals surface area contributed by atoms with Crippen LogP contribution in [0.25, 0.3) is 22.4 Å². The average molecular weight is 261 g/mol. The fraction of sp³-hybridized carbons (Fsp3) is 0.0556. The molecule has 20 heavy (non-hydrogen) atoms. The van der Waals surface area contributed by atoms with Crippen LogP contribution < -0.4 is 0 Å². The molecule has 0 aliphatic carbocycles. The van der Waals surface area contributed by atoms with E-state index in [4.69, 9.17) is 5.11 Å². The lowest BCUT2D eigenvalue weighted by Crippen LogP contribution is -1.85. The number of hydrogen-bond donors (Lipinski definition) is 1. The SMILES string of the molecule is OCc1ccc(-c2cccc(-c3ccccn3)c2)cc1. The van der Waals surface area contributed by atoms with Crippen molar-refractivity contribution in [2.75, 3.05) is 0 Å². The number of benzene rings is 2. The third kappa shape index (κ3) is 2.60. The van der Waals surface area contributed by atoms with Crippen molar-refractivity contribution in [2.24, 2.45) is 0 Å². The van der Waals surface area contributed by atoms with Gasteiger partial charge >= 0.3 is 0 Å². The minimum Gasteiger partial charge on any atom is -0.392 e. The minimum atomic E-state index is 0.0776. The Morgan fingerprint density at radius 1 is 0.750 bits per heavy atom. The molecule has 0 atom stereocenters. The van der Waals surface area contributed by atoms with Crippen LogP contribution in [0.15, 0.2) is 72.9 Å². The summed E-state index contributed by atoms with van der Waals surface area (Å²) in [6.45, 7) is 0.0776. The Labute approximate surface area is 118 Å². The van der Waals surface area contributed by atoms with E-state index in [2.05, 4.69) is 23.2 Å². The van der Waals surface area contributed by atoms with Crippen LogP contribution in [-0.2, 0) is 6.61 Å². The first kappa shape index (κ1) is 12.6. The van der Waals surface area contributed by atoms with Crippen molar-refractivity contribution in [1.29, 1.82) is 0 Å². The van der Waals surface area contributed by atoms with Crippen LogP contribution in [0.3, 0.4) is 0 Å². The van der Waals surface area contributed by atoms with Crippen LogP contribution in [0.2, 0.25) is 0 Å². The zero-order chi connectivity index (χ0) is 13.8. The fourth-order valence-electron chi connectivity index (χ4n) is 2.19. The molecule has 0 saturated heterocycles. The number of aromatic nitrogens is 1. The van der Waals surface area contributed by atoms with Crippen LogP contribution in [0.1, 0.15) is 5.56 Å². The van der Waals surface area contributed by atoms with E-state index in [9.17, 15) is 0 Å². The van der Waals surface area contributed by atoms with Crippen molar-refractivity contribution in [2.45, 2.75) is 6.61 Å². The Bertz CT molecular complexity index is 690. The maximum Gasteiger partial charge on any atom is 0.0702 e. The summed E-state index contributed by atoms with van der Waals surface area (Å²) in [5, 5.41) is 9.08. The quantitative estimate of drug-likeness (QED) is 0.775. The van der Waals surface area contributed by atoms with Gasteiger partial charge < -0.3 is 5.11 Å². The van der Waals surface area contributed by atoms with Crippen molar-refractivity contribution in [3.63, 3.8) is 0 Å². The molecular formula is C18H15NO. The van der Waals surface area contributed by atoms with Crippen LogP contribution in [0, 0.1) is 0 Å². The summed E-state index contributed by atoms with van der Waals surface area (Å²) in [6, 6.07) is 22.2. The predicted octanol–water partition coefficient (Wildman–Crippen LogP) is 3.91. The summed E-state index contributed by atoms with van der Waals surface area (Å²) in [6.07, 6.45) is 1.80. The van der Waals surface area contributed by atoms with Crippen LogP contribution in [0.4, 0.5) is 0 Å². The van der Waals surface area contributed by atoms with E-state index in [0.717, 1.165) is 27.9 Å². The van der Waals surface area contributed by atoms with E-state index < -0.39 is 0 Å². The molecule has 2 aromatic carbocycles. The molecular weight excluding hydrogens is 246 g/mol. The van der Waals surface area contributed by atoms with Crippen molar-refractivity contribution < 1.29 is 5.11 Å². The van der Waals surface area contributed by atoms with E-state index in [1.165, 1.54) is 0 Å². The standard InChI is InChI=1S/C18H15NO/c20-13-14-7-9-15(10-8-14)16-4-3-5-17(12-16)18-6-1-2-11-19-18/h1-12,20H,13H2. The summed E-state index contributed by atoms with van der Waals surface area (Å²) in [5.41, 5.74) is 5.29. The van der Waals surface area contributed by atoms with Gasteiger partial charge in [0.15, 0.2) is 0 Å². The van der Waals surface area contributed by atoms with E-state index in [0.29, 0.717) is 0 Å². The number of rotatable bonds is 3. The van der Waals surface area contributed by atoms with Gasteiger partial charge in [-0.15, -0.1) is 0 Å². The van der Waals surface area contributed by atoms with Crippen molar-refractivity contribution >= 4 is 0 Å². The summed E-state index contributed by atoms with van der Waals surface area (Å²) >= 11 is 0. The van der Waals surface area contributed by atoms with Crippen LogP contribution in [0.5, 0.6) is 0 Å². The number of hydrogen-bond acceptors (Lipinski definition) is 2. The van der Waals surface area contributed by atoms with E-state index in [1.54, 1.807) is 6.20 Å². The maximum absolute atomic E-state index is 9.08. The topological polar surface area (TPSA) is 33.1 Å². The molecule has 0 aliphatic rings. The van der Waals surface area contributed by atoms with E-state index in [1.807, 2.05) is 48.5 Å².